The molecule has 0 fully saturated rings. The van der Waals surface area contributed by atoms with Crippen molar-refractivity contribution in [3.05, 3.63) is 53.3 Å². The molecule has 33 heavy (non-hydrogen) atoms. The van der Waals surface area contributed by atoms with Gasteiger partial charge in [-0.05, 0) is 54.9 Å². The van der Waals surface area contributed by atoms with E-state index < -0.39 is 11.9 Å². The minimum absolute atomic E-state index is 0.0377. The van der Waals surface area contributed by atoms with Crippen LogP contribution in [-0.2, 0) is 4.79 Å². The average Bonchev–Trinajstić information content (AvgIpc) is 3.44. The molecule has 2 aliphatic rings. The maximum Gasteiger partial charge on any atom is 0.335 e. The molecule has 0 atom stereocenters. The number of aromatic carboxylic acids is 1. The number of aliphatic imine (C=N–C) groups is 1. The summed E-state index contributed by atoms with van der Waals surface area (Å²) in [6.45, 7) is 2.18. The van der Waals surface area contributed by atoms with Crippen molar-refractivity contribution in [3.63, 3.8) is 0 Å². The first kappa shape index (κ1) is 22.7. The summed E-state index contributed by atoms with van der Waals surface area (Å²) in [6.07, 6.45) is 8.06. The van der Waals surface area contributed by atoms with Gasteiger partial charge in [0.25, 0.3) is 5.91 Å². The van der Waals surface area contributed by atoms with Crippen LogP contribution >= 0.6 is 11.8 Å². The number of furan rings is 1. The topological polar surface area (TPSA) is 119 Å². The highest BCUT2D eigenvalue weighted by Crippen LogP contribution is 2.31. The van der Waals surface area contributed by atoms with Gasteiger partial charge < -0.3 is 9.52 Å². The van der Waals surface area contributed by atoms with E-state index in [2.05, 4.69) is 17.0 Å². The molecule has 1 aromatic heterocycles. The van der Waals surface area contributed by atoms with Crippen LogP contribution in [0.25, 0.3) is 17.4 Å². The molecule has 0 radical (unpaired) electrons. The van der Waals surface area contributed by atoms with Gasteiger partial charge in [0, 0.05) is 5.56 Å². The molecule has 1 aromatic carbocycles. The smallest absolute Gasteiger partial charge is 0.335 e. The second-order valence-corrected chi connectivity index (χ2v) is 8.81. The number of hydrogen-bond donors (Lipinski definition) is 2. The highest BCUT2D eigenvalue weighted by molar-refractivity contribution is 8.26. The third-order valence-corrected chi connectivity index (χ3v) is 6.27. The molecular weight excluding hydrogens is 440 g/mol. The predicted octanol–water partition coefficient (Wildman–Crippen LogP) is 5.62. The Labute approximate surface area is 195 Å². The number of hydrazone groups is 1. The number of amides is 1. The highest BCUT2D eigenvalue weighted by atomic mass is 32.2. The van der Waals surface area contributed by atoms with Gasteiger partial charge in [-0.3, -0.25) is 10.2 Å². The Bertz CT molecular complexity index is 1190. The third-order valence-electron chi connectivity index (χ3n) is 5.30. The molecule has 0 spiro atoms. The number of hydrogen-bond acceptors (Lipinski definition) is 6. The van der Waals surface area contributed by atoms with Crippen molar-refractivity contribution in [1.29, 1.82) is 5.41 Å². The molecule has 0 aliphatic carbocycles. The molecule has 0 saturated heterocycles. The van der Waals surface area contributed by atoms with Crippen LogP contribution in [0.1, 0.15) is 61.6 Å². The molecule has 0 saturated carbocycles. The number of benzene rings is 1. The summed E-state index contributed by atoms with van der Waals surface area (Å²) in [5.41, 5.74) is 0.849. The quantitative estimate of drug-likeness (QED) is 0.367. The van der Waals surface area contributed by atoms with E-state index in [-0.39, 0.29) is 17.0 Å². The second-order valence-electron chi connectivity index (χ2n) is 7.77. The molecular formula is C24H24N4O4S. The molecule has 0 bridgehead atoms. The lowest BCUT2D eigenvalue weighted by Crippen LogP contribution is -2.35. The first-order valence-corrected chi connectivity index (χ1v) is 11.7. The number of carboxylic acids is 1. The molecule has 2 aliphatic heterocycles. The summed E-state index contributed by atoms with van der Waals surface area (Å²) >= 11 is 1.34. The molecule has 3 heterocycles. The normalized spacial score (nSPS) is 16.8. The van der Waals surface area contributed by atoms with E-state index in [1.807, 2.05) is 0 Å². The summed E-state index contributed by atoms with van der Waals surface area (Å²) in [5, 5.41) is 24.8. The molecule has 8 nitrogen and oxygen atoms in total. The van der Waals surface area contributed by atoms with Crippen molar-refractivity contribution >= 4 is 45.8 Å². The lowest BCUT2D eigenvalue weighted by molar-refractivity contribution is -0.114. The number of rotatable bonds is 9. The Hall–Kier alpha value is -3.46. The highest BCUT2D eigenvalue weighted by Gasteiger charge is 2.35. The fraction of sp³-hybridized carbons (Fsp3) is 0.292. The van der Waals surface area contributed by atoms with E-state index in [1.165, 1.54) is 54.2 Å². The largest absolute Gasteiger partial charge is 0.478 e. The number of fused-ring (bicyclic) bond motifs is 1. The van der Waals surface area contributed by atoms with Crippen LogP contribution in [0.3, 0.4) is 0 Å². The summed E-state index contributed by atoms with van der Waals surface area (Å²) in [7, 11) is 0. The molecule has 1 amide bonds. The second kappa shape index (κ2) is 9.99. The van der Waals surface area contributed by atoms with Crippen LogP contribution in [-0.4, -0.2) is 38.0 Å². The molecule has 170 valence electrons. The van der Waals surface area contributed by atoms with Crippen LogP contribution in [0.2, 0.25) is 0 Å². The Morgan fingerprint density at radius 1 is 1.21 bits per heavy atom. The van der Waals surface area contributed by atoms with Gasteiger partial charge in [-0.1, -0.05) is 44.7 Å². The Balaban J connectivity index is 1.49. The first-order chi connectivity index (χ1) is 16.0. The zero-order valence-electron chi connectivity index (χ0n) is 18.2. The fourth-order valence-corrected chi connectivity index (χ4v) is 4.47. The van der Waals surface area contributed by atoms with Crippen molar-refractivity contribution in [3.8, 4) is 11.3 Å². The van der Waals surface area contributed by atoms with Gasteiger partial charge in [0.15, 0.2) is 5.84 Å². The molecule has 9 heteroatoms. The van der Waals surface area contributed by atoms with Crippen molar-refractivity contribution in [1.82, 2.24) is 5.01 Å². The number of carboxylic acid groups (broad SMARTS) is 1. The van der Waals surface area contributed by atoms with Gasteiger partial charge in [-0.15, -0.1) is 0 Å². The van der Waals surface area contributed by atoms with Gasteiger partial charge in [0.2, 0.25) is 5.17 Å². The maximum atomic E-state index is 12.6. The van der Waals surface area contributed by atoms with Gasteiger partial charge in [0.1, 0.15) is 16.6 Å². The molecule has 0 unspecified atom stereocenters. The minimum Gasteiger partial charge on any atom is -0.478 e. The van der Waals surface area contributed by atoms with Crippen LogP contribution in [0.5, 0.6) is 0 Å². The molecule has 2 aromatic rings. The van der Waals surface area contributed by atoms with Gasteiger partial charge >= 0.3 is 5.97 Å². The van der Waals surface area contributed by atoms with E-state index in [4.69, 9.17) is 9.83 Å². The van der Waals surface area contributed by atoms with Crippen molar-refractivity contribution in [2.75, 3.05) is 0 Å². The fourth-order valence-electron chi connectivity index (χ4n) is 3.55. The van der Waals surface area contributed by atoms with Gasteiger partial charge in [-0.25, -0.2) is 4.79 Å². The number of amidine groups is 2. The van der Waals surface area contributed by atoms with Crippen LogP contribution in [0.4, 0.5) is 0 Å². The Morgan fingerprint density at radius 2 is 2.03 bits per heavy atom. The predicted molar refractivity (Wildman–Crippen MR) is 129 cm³/mol. The SMILES string of the molecule is CCCCCCCC1=NN2C(=N)/C(=C\c3ccc(-c4cccc(C(=O)O)c4)o3)C(=O)N=C2S1. The molecule has 2 N–H and O–H groups in total. The van der Waals surface area contributed by atoms with Crippen molar-refractivity contribution in [2.24, 2.45) is 10.1 Å². The van der Waals surface area contributed by atoms with E-state index >= 15 is 0 Å². The number of carbonyl (C=O) groups excluding carboxylic acids is 1. The van der Waals surface area contributed by atoms with E-state index in [0.29, 0.717) is 22.3 Å². The zero-order valence-corrected chi connectivity index (χ0v) is 19.0. The summed E-state index contributed by atoms with van der Waals surface area (Å²) in [5.74, 6) is -0.744. The van der Waals surface area contributed by atoms with Crippen molar-refractivity contribution in [2.45, 2.75) is 45.4 Å². The number of thioether (sulfide) groups is 1. The zero-order chi connectivity index (χ0) is 23.4. The Morgan fingerprint density at radius 3 is 2.82 bits per heavy atom. The lowest BCUT2D eigenvalue weighted by Gasteiger charge is -2.19. The Kier molecular flexibility index (Phi) is 6.88. The van der Waals surface area contributed by atoms with Crippen LogP contribution in [0.15, 0.2) is 56.5 Å². The molecule has 4 rings (SSSR count). The first-order valence-electron chi connectivity index (χ1n) is 10.9. The lowest BCUT2D eigenvalue weighted by atomic mass is 10.1. The van der Waals surface area contributed by atoms with Crippen LogP contribution in [0, 0.1) is 5.41 Å². The summed E-state index contributed by atoms with van der Waals surface area (Å²) < 4.78 is 5.80. The standard InChI is InChI=1S/C24H24N4O4S/c1-2-3-4-5-6-10-20-27-28-21(25)18(22(29)26-24(28)33-20)14-17-11-12-19(32-17)15-8-7-9-16(13-15)23(30)31/h7-9,11-14,25H,2-6,10H2,1H3,(H,30,31)/b18-14+,25-21?. The van der Waals surface area contributed by atoms with Gasteiger partial charge in [-0.2, -0.15) is 15.1 Å². The number of nitrogens with zero attached hydrogens (tertiary/aromatic N) is 3. The summed E-state index contributed by atoms with van der Waals surface area (Å²) in [4.78, 5) is 27.9. The third kappa shape index (κ3) is 5.14. The summed E-state index contributed by atoms with van der Waals surface area (Å²) in [6, 6.07) is 9.76. The van der Waals surface area contributed by atoms with E-state index in [0.717, 1.165) is 24.3 Å². The van der Waals surface area contributed by atoms with E-state index in [9.17, 15) is 14.7 Å². The minimum atomic E-state index is -1.02. The number of carbonyl (C=O) groups is 2. The van der Waals surface area contributed by atoms with Crippen molar-refractivity contribution < 1.29 is 19.1 Å². The van der Waals surface area contributed by atoms with Crippen LogP contribution < -0.4 is 0 Å². The average molecular weight is 465 g/mol. The number of unbranched alkanes of at least 4 members (excludes halogenated alkanes) is 4. The monoisotopic (exact) mass is 464 g/mol. The van der Waals surface area contributed by atoms with Gasteiger partial charge in [0.05, 0.1) is 11.1 Å². The van der Waals surface area contributed by atoms with E-state index in [1.54, 1.807) is 24.3 Å². The number of nitrogens with one attached hydrogen (secondary N) is 1. The maximum absolute atomic E-state index is 12.6.